The zero-order valence-electron chi connectivity index (χ0n) is 5.72. The normalized spacial score (nSPS) is 9.30. The number of nitrogens with zero attached hydrogens (tertiary/aromatic N) is 1. The first-order valence-electron chi connectivity index (χ1n) is 3.11. The Balaban J connectivity index is 2.67. The van der Waals surface area contributed by atoms with Gasteiger partial charge < -0.3 is 5.32 Å². The first kappa shape index (κ1) is 6.80. The second kappa shape index (κ2) is 3.00. The number of hydrogen-bond acceptors (Lipinski definition) is 2. The number of aryl methyl sites for hydroxylation is 1. The minimum atomic E-state index is 0.576. The second-order valence-corrected chi connectivity index (χ2v) is 1.89. The van der Waals surface area contributed by atoms with Crippen molar-refractivity contribution in [2.45, 2.75) is 13.3 Å². The second-order valence-electron chi connectivity index (χ2n) is 1.89. The molecule has 4 nitrogen and oxygen atoms in total. The van der Waals surface area contributed by atoms with Gasteiger partial charge in [0, 0.05) is 11.8 Å². The number of H-pyrrole nitrogens is 1. The molecule has 0 atom stereocenters. The van der Waals surface area contributed by atoms with Gasteiger partial charge in [0.25, 0.3) is 0 Å². The summed E-state index contributed by atoms with van der Waals surface area (Å²) in [6.45, 7) is 2.01. The molecule has 0 radical (unpaired) electrons. The third-order valence-corrected chi connectivity index (χ3v) is 1.22. The summed E-state index contributed by atoms with van der Waals surface area (Å²) in [4.78, 5) is 9.91. The largest absolute Gasteiger partial charge is 0.312 e. The number of anilines is 1. The molecule has 1 aromatic rings. The van der Waals surface area contributed by atoms with Gasteiger partial charge in [-0.3, -0.25) is 9.89 Å². The van der Waals surface area contributed by atoms with Crippen LogP contribution in [0.5, 0.6) is 0 Å². The van der Waals surface area contributed by atoms with Crippen LogP contribution in [0.3, 0.4) is 0 Å². The van der Waals surface area contributed by atoms with Crippen molar-refractivity contribution in [3.63, 3.8) is 0 Å². The molecule has 2 N–H and O–H groups in total. The topological polar surface area (TPSA) is 57.8 Å². The third kappa shape index (κ3) is 1.34. The van der Waals surface area contributed by atoms with Crippen LogP contribution in [-0.4, -0.2) is 16.6 Å². The van der Waals surface area contributed by atoms with E-state index in [-0.39, 0.29) is 0 Å². The van der Waals surface area contributed by atoms with Crippen LogP contribution in [0.1, 0.15) is 12.6 Å². The zero-order chi connectivity index (χ0) is 7.40. The highest BCUT2D eigenvalue weighted by atomic mass is 16.1. The minimum absolute atomic E-state index is 0.576. The summed E-state index contributed by atoms with van der Waals surface area (Å²) in [6, 6.07) is 1.80. The first-order valence-corrected chi connectivity index (χ1v) is 3.11. The number of amides is 1. The highest BCUT2D eigenvalue weighted by Crippen LogP contribution is 2.03. The maximum Gasteiger partial charge on any atom is 0.212 e. The van der Waals surface area contributed by atoms with Crippen LogP contribution in [0.4, 0.5) is 5.82 Å². The van der Waals surface area contributed by atoms with Crippen molar-refractivity contribution >= 4 is 12.2 Å². The average Bonchev–Trinajstić information content (AvgIpc) is 2.37. The maximum absolute atomic E-state index is 9.91. The molecule has 1 aromatic heterocycles. The van der Waals surface area contributed by atoms with Crippen LogP contribution in [0.15, 0.2) is 6.07 Å². The van der Waals surface area contributed by atoms with E-state index in [1.165, 1.54) is 0 Å². The summed E-state index contributed by atoms with van der Waals surface area (Å²) in [5.74, 6) is 0.576. The smallest absolute Gasteiger partial charge is 0.212 e. The number of aromatic nitrogens is 2. The molecule has 0 fully saturated rings. The lowest BCUT2D eigenvalue weighted by atomic mass is 10.3. The van der Waals surface area contributed by atoms with Crippen LogP contribution in [-0.2, 0) is 11.2 Å². The molecule has 1 rings (SSSR count). The molecule has 10 heavy (non-hydrogen) atoms. The average molecular weight is 139 g/mol. The Hall–Kier alpha value is -1.32. The molecule has 4 heteroatoms. The molecule has 0 saturated heterocycles. The van der Waals surface area contributed by atoms with E-state index in [0.717, 1.165) is 12.1 Å². The standard InChI is InChI=1S/C6H9N3O/c1-2-5-3-6(7-4-10)9-8-5/h3-4H,2H2,1H3,(H2,7,8,9,10). The number of carbonyl (C=O) groups is 1. The fourth-order valence-corrected chi connectivity index (χ4v) is 0.677. The van der Waals surface area contributed by atoms with Gasteiger partial charge in [-0.1, -0.05) is 6.92 Å². The summed E-state index contributed by atoms with van der Waals surface area (Å²) in [5, 5.41) is 9.02. The van der Waals surface area contributed by atoms with Crippen molar-refractivity contribution in [3.05, 3.63) is 11.8 Å². The summed E-state index contributed by atoms with van der Waals surface area (Å²) in [6.07, 6.45) is 1.50. The molecular formula is C6H9N3O. The van der Waals surface area contributed by atoms with Gasteiger partial charge in [-0.15, -0.1) is 0 Å². The molecule has 0 bridgehead atoms. The van der Waals surface area contributed by atoms with Crippen molar-refractivity contribution < 1.29 is 4.79 Å². The van der Waals surface area contributed by atoms with Gasteiger partial charge in [-0.2, -0.15) is 5.10 Å². The Labute approximate surface area is 58.6 Å². The number of nitrogens with one attached hydrogen (secondary N) is 2. The van der Waals surface area contributed by atoms with Crippen molar-refractivity contribution in [3.8, 4) is 0 Å². The van der Waals surface area contributed by atoms with Crippen molar-refractivity contribution in [2.24, 2.45) is 0 Å². The lowest BCUT2D eigenvalue weighted by Crippen LogP contribution is -1.92. The predicted octanol–water partition coefficient (Wildman–Crippen LogP) is 0.540. The lowest BCUT2D eigenvalue weighted by Gasteiger charge is -1.84. The van der Waals surface area contributed by atoms with Gasteiger partial charge in [0.1, 0.15) is 0 Å². The summed E-state index contributed by atoms with van der Waals surface area (Å²) in [7, 11) is 0. The number of hydrogen-bond donors (Lipinski definition) is 2. The summed E-state index contributed by atoms with van der Waals surface area (Å²) >= 11 is 0. The van der Waals surface area contributed by atoms with Crippen molar-refractivity contribution in [1.29, 1.82) is 0 Å². The Morgan fingerprint density at radius 2 is 2.70 bits per heavy atom. The molecule has 0 unspecified atom stereocenters. The molecule has 54 valence electrons. The van der Waals surface area contributed by atoms with Crippen LogP contribution in [0.25, 0.3) is 0 Å². The van der Waals surface area contributed by atoms with E-state index in [1.54, 1.807) is 6.07 Å². The van der Waals surface area contributed by atoms with Gasteiger partial charge in [-0.25, -0.2) is 0 Å². The Morgan fingerprint density at radius 3 is 3.20 bits per heavy atom. The molecule has 1 amide bonds. The van der Waals surface area contributed by atoms with Crippen LogP contribution < -0.4 is 5.32 Å². The minimum Gasteiger partial charge on any atom is -0.312 e. The summed E-state index contributed by atoms with van der Waals surface area (Å²) < 4.78 is 0. The monoisotopic (exact) mass is 139 g/mol. The predicted molar refractivity (Wildman–Crippen MR) is 37.7 cm³/mol. The fraction of sp³-hybridized carbons (Fsp3) is 0.333. The van der Waals surface area contributed by atoms with Gasteiger partial charge in [0.05, 0.1) is 0 Å². The van der Waals surface area contributed by atoms with Crippen molar-refractivity contribution in [1.82, 2.24) is 10.2 Å². The third-order valence-electron chi connectivity index (χ3n) is 1.22. The molecule has 0 aliphatic carbocycles. The molecule has 0 aliphatic heterocycles. The highest BCUT2D eigenvalue weighted by molar-refractivity contribution is 5.68. The quantitative estimate of drug-likeness (QED) is 0.600. The molecule has 0 saturated carbocycles. The van der Waals surface area contributed by atoms with E-state index in [2.05, 4.69) is 15.5 Å². The van der Waals surface area contributed by atoms with Crippen LogP contribution in [0.2, 0.25) is 0 Å². The Kier molecular flexibility index (Phi) is 2.04. The van der Waals surface area contributed by atoms with E-state index in [1.807, 2.05) is 6.92 Å². The van der Waals surface area contributed by atoms with Gasteiger partial charge in [0.2, 0.25) is 6.41 Å². The van der Waals surface area contributed by atoms with E-state index in [9.17, 15) is 4.79 Å². The van der Waals surface area contributed by atoms with E-state index in [0.29, 0.717) is 12.2 Å². The maximum atomic E-state index is 9.91. The molecular weight excluding hydrogens is 130 g/mol. The lowest BCUT2D eigenvalue weighted by molar-refractivity contribution is -0.105. The van der Waals surface area contributed by atoms with Crippen LogP contribution in [0, 0.1) is 0 Å². The van der Waals surface area contributed by atoms with Gasteiger partial charge in [0.15, 0.2) is 5.82 Å². The number of rotatable bonds is 3. The highest BCUT2D eigenvalue weighted by Gasteiger charge is 1.95. The SMILES string of the molecule is CCc1cc(NC=O)n[nH]1. The molecule has 1 heterocycles. The molecule has 0 aliphatic rings. The van der Waals surface area contributed by atoms with E-state index in [4.69, 9.17) is 0 Å². The van der Waals surface area contributed by atoms with Gasteiger partial charge in [-0.05, 0) is 6.42 Å². The zero-order valence-corrected chi connectivity index (χ0v) is 5.72. The number of carbonyl (C=O) groups excluding carboxylic acids is 1. The van der Waals surface area contributed by atoms with Crippen LogP contribution >= 0.6 is 0 Å². The van der Waals surface area contributed by atoms with Crippen molar-refractivity contribution in [2.75, 3.05) is 5.32 Å². The molecule has 0 spiro atoms. The Bertz CT molecular complexity index is 219. The summed E-state index contributed by atoms with van der Waals surface area (Å²) in [5.41, 5.74) is 1.02. The van der Waals surface area contributed by atoms with E-state index >= 15 is 0 Å². The Morgan fingerprint density at radius 1 is 1.90 bits per heavy atom. The fourth-order valence-electron chi connectivity index (χ4n) is 0.677. The van der Waals surface area contributed by atoms with Gasteiger partial charge >= 0.3 is 0 Å². The van der Waals surface area contributed by atoms with E-state index < -0.39 is 0 Å². The first-order chi connectivity index (χ1) is 4.86. The number of aromatic amines is 1. The molecule has 0 aromatic carbocycles.